The summed E-state index contributed by atoms with van der Waals surface area (Å²) in [7, 11) is 8.88. The highest BCUT2D eigenvalue weighted by Gasteiger charge is 2.33. The summed E-state index contributed by atoms with van der Waals surface area (Å²) >= 11 is 0. The van der Waals surface area contributed by atoms with Crippen LogP contribution in [0.4, 0.5) is 0 Å². The lowest BCUT2D eigenvalue weighted by atomic mass is 9.80. The quantitative estimate of drug-likeness (QED) is 0.0909. The molecule has 4 heteroatoms. The first-order chi connectivity index (χ1) is 67.2. The van der Waals surface area contributed by atoms with Crippen LogP contribution in [-0.2, 0) is 33.6 Å². The number of nitrogens with zero attached hydrogens (tertiary/aromatic N) is 4. The largest absolute Gasteiger partial charge is 0.213 e. The Balaban J connectivity index is 0.000000118. The average molecular weight is 1820 g/mol. The van der Waals surface area contributed by atoms with E-state index in [1.54, 1.807) is 11.1 Å². The summed E-state index contributed by atoms with van der Waals surface area (Å²) in [6.07, 6.45) is 49.0. The third kappa shape index (κ3) is 21.4. The van der Waals surface area contributed by atoms with Gasteiger partial charge in [0, 0.05) is 68.8 Å². The lowest BCUT2D eigenvalue weighted by Crippen LogP contribution is -2.32. The number of aromatic nitrogens is 4. The first-order valence-corrected chi connectivity index (χ1v) is 53.7. The number of hydrogen-bond acceptors (Lipinski definition) is 0. The van der Waals surface area contributed by atoms with Crippen LogP contribution in [-0.4, -0.2) is 0 Å². The second kappa shape index (κ2) is 42.9. The van der Waals surface area contributed by atoms with Crippen LogP contribution in [0.3, 0.4) is 0 Å². The molecule has 4 heterocycles. The van der Waals surface area contributed by atoms with Crippen LogP contribution in [0.5, 0.6) is 0 Å². The third-order valence-corrected chi connectivity index (χ3v) is 33.2. The fraction of sp³-hybridized carbons (Fsp3) is 0.373. The number of pyridine rings is 4. The zero-order chi connectivity index (χ0) is 95.1. The van der Waals surface area contributed by atoms with Gasteiger partial charge in [-0.15, -0.1) is 0 Å². The van der Waals surface area contributed by atoms with E-state index in [0.29, 0.717) is 29.6 Å². The molecular formula is C134H152N4+4. The van der Waals surface area contributed by atoms with Gasteiger partial charge in [-0.2, -0.15) is 0 Å². The maximum absolute atomic E-state index is 2.48. The van der Waals surface area contributed by atoms with E-state index >= 15 is 0 Å². The first kappa shape index (κ1) is 95.2. The molecule has 0 amide bonds. The molecule has 138 heavy (non-hydrogen) atoms. The molecule has 0 bridgehead atoms. The van der Waals surface area contributed by atoms with E-state index in [1.807, 2.05) is 0 Å². The van der Waals surface area contributed by atoms with Crippen LogP contribution in [0.1, 0.15) is 329 Å². The van der Waals surface area contributed by atoms with Gasteiger partial charge in [0.05, 0.1) is 0 Å². The minimum atomic E-state index is 0.164. The van der Waals surface area contributed by atoms with Gasteiger partial charge >= 0.3 is 0 Å². The van der Waals surface area contributed by atoms with Crippen molar-refractivity contribution < 1.29 is 18.3 Å². The van der Waals surface area contributed by atoms with Crippen LogP contribution in [0, 0.1) is 27.7 Å². The number of aryl methyl sites for hydroxylation is 8. The van der Waals surface area contributed by atoms with Crippen molar-refractivity contribution in [2.45, 2.75) is 295 Å². The zero-order valence-electron chi connectivity index (χ0n) is 85.5. The summed E-state index contributed by atoms with van der Waals surface area (Å²) in [5.41, 5.74) is 39.0. The molecule has 6 saturated carbocycles. The van der Waals surface area contributed by atoms with E-state index < -0.39 is 0 Å². The van der Waals surface area contributed by atoms with Crippen LogP contribution >= 0.6 is 0 Å². The Hall–Kier alpha value is -11.7. The fourth-order valence-corrected chi connectivity index (χ4v) is 24.9. The Morgan fingerprint density at radius 2 is 0.457 bits per heavy atom. The van der Waals surface area contributed by atoms with Gasteiger partial charge in [-0.1, -0.05) is 338 Å². The minimum Gasteiger partial charge on any atom is -0.201 e. The van der Waals surface area contributed by atoms with Crippen LogP contribution in [0.25, 0.3) is 133 Å². The van der Waals surface area contributed by atoms with Crippen molar-refractivity contribution in [3.05, 3.63) is 358 Å². The van der Waals surface area contributed by atoms with Crippen molar-refractivity contribution >= 4 is 43.1 Å². The molecule has 12 aromatic carbocycles. The molecule has 6 aliphatic rings. The maximum Gasteiger partial charge on any atom is 0.213 e. The van der Waals surface area contributed by atoms with Gasteiger partial charge in [-0.25, -0.2) is 18.3 Å². The van der Waals surface area contributed by atoms with Crippen molar-refractivity contribution in [2.75, 3.05) is 0 Å². The van der Waals surface area contributed by atoms with Crippen molar-refractivity contribution in [1.82, 2.24) is 0 Å². The second-order valence-electron chi connectivity index (χ2n) is 44.1. The first-order valence-electron chi connectivity index (χ1n) is 53.7. The summed E-state index contributed by atoms with van der Waals surface area (Å²) in [5, 5.41) is 10.8. The normalized spacial score (nSPS) is 16.2. The smallest absolute Gasteiger partial charge is 0.201 e. The summed E-state index contributed by atoms with van der Waals surface area (Å²) in [5.74, 6) is 4.71. The molecule has 0 atom stereocenters. The number of fused-ring (bicyclic) bond motifs is 4. The van der Waals surface area contributed by atoms with E-state index in [0.717, 1.165) is 11.8 Å². The Morgan fingerprint density at radius 1 is 0.225 bits per heavy atom. The van der Waals surface area contributed by atoms with Gasteiger partial charge in [0.15, 0.2) is 24.8 Å². The molecule has 704 valence electrons. The molecule has 16 aromatic rings. The van der Waals surface area contributed by atoms with Crippen LogP contribution in [0.2, 0.25) is 0 Å². The van der Waals surface area contributed by atoms with E-state index in [4.69, 9.17) is 0 Å². The monoisotopic (exact) mass is 1820 g/mol. The van der Waals surface area contributed by atoms with Crippen molar-refractivity contribution in [3.63, 3.8) is 0 Å². The molecule has 6 aliphatic carbocycles. The maximum atomic E-state index is 2.48. The topological polar surface area (TPSA) is 15.5 Å². The predicted octanol–water partition coefficient (Wildman–Crippen LogP) is 35.5. The van der Waals surface area contributed by atoms with Crippen LogP contribution < -0.4 is 18.3 Å². The Kier molecular flexibility index (Phi) is 29.6. The minimum absolute atomic E-state index is 0.164. The molecule has 22 rings (SSSR count). The highest BCUT2D eigenvalue weighted by Crippen LogP contribution is 2.48. The van der Waals surface area contributed by atoms with Crippen LogP contribution in [0.15, 0.2) is 292 Å². The molecule has 0 aliphatic heterocycles. The van der Waals surface area contributed by atoms with Gasteiger partial charge < -0.3 is 0 Å². The highest BCUT2D eigenvalue weighted by atomic mass is 14.9. The van der Waals surface area contributed by atoms with E-state index in [2.05, 4.69) is 400 Å². The lowest BCUT2D eigenvalue weighted by molar-refractivity contribution is -0.660. The van der Waals surface area contributed by atoms with E-state index in [1.165, 1.54) is 374 Å². The average Bonchev–Trinajstić information content (AvgIpc) is 0.896. The number of hydrogen-bond donors (Lipinski definition) is 0. The predicted molar refractivity (Wildman–Crippen MR) is 586 cm³/mol. The van der Waals surface area contributed by atoms with E-state index in [9.17, 15) is 0 Å². The summed E-state index contributed by atoms with van der Waals surface area (Å²) in [6, 6.07) is 102. The molecular weight excluding hydrogens is 1670 g/mol. The Labute approximate surface area is 827 Å². The zero-order valence-corrected chi connectivity index (χ0v) is 85.5. The van der Waals surface area contributed by atoms with Gasteiger partial charge in [-0.05, 0) is 332 Å². The van der Waals surface area contributed by atoms with Gasteiger partial charge in [0.25, 0.3) is 0 Å². The summed E-state index contributed by atoms with van der Waals surface area (Å²) < 4.78 is 9.44. The van der Waals surface area contributed by atoms with Gasteiger partial charge in [-0.3, -0.25) is 0 Å². The molecule has 4 aromatic heterocycles. The van der Waals surface area contributed by atoms with Crippen molar-refractivity contribution in [2.24, 2.45) is 28.2 Å². The standard InChI is InChI=1S/C35H40N.C34H38N.C33H38N.C32H36N/c1-25-11-9-10-16-32(25)35-23-33(34(24-36(35)2)27-14-7-4-8-15-27)31-20-19-29-21-28(17-18-30(29)22-31)26-12-5-3-6-13-26;1-24-10-6-9-15-31(24)34-22-32(33(23-35(34)2)26-13-4-3-5-14-26)30-19-18-28-20-27(16-17-29(28)21-30)25-11-7-8-12-25;1-23-11-9-10-14-29(23)32-21-30(31(22-34(32)5)24-12-7-6-8-13-24)27-16-15-26-20-28(33(2,3)4)18-17-25(26)19-27;1-22(2)25-14-15-27-19-28(17-16-26(27)18-25)30-20-32(29-13-9-8-10-23(29)3)33(4)21-31(30)24-11-6-5-7-12-24/h9-11,16-24,26-27H,3-8,12-15H2,1-2H3;6,9-10,15-23,25-26H,3-5,7-8,11-14H2,1-2H3;9-11,14-22,24H,6-8,12-13H2,1-5H3;8-10,13-22,24H,5-7,11-12H2,1-4H3/q4*+1. The molecule has 6 fully saturated rings. The fourth-order valence-electron chi connectivity index (χ4n) is 24.9. The molecule has 0 spiro atoms. The van der Waals surface area contributed by atoms with Crippen molar-refractivity contribution in [3.8, 4) is 89.5 Å². The Morgan fingerprint density at radius 3 is 0.732 bits per heavy atom. The summed E-state index contributed by atoms with van der Waals surface area (Å²) in [4.78, 5) is 0. The Bertz CT molecular complexity index is 7030. The number of rotatable bonds is 15. The lowest BCUT2D eigenvalue weighted by Gasteiger charge is -2.24. The molecule has 0 N–H and O–H groups in total. The van der Waals surface area contributed by atoms with Crippen molar-refractivity contribution in [1.29, 1.82) is 0 Å². The van der Waals surface area contributed by atoms with Gasteiger partial charge in [0.1, 0.15) is 28.2 Å². The second-order valence-corrected chi connectivity index (χ2v) is 44.1. The van der Waals surface area contributed by atoms with Gasteiger partial charge in [0.2, 0.25) is 22.8 Å². The molecule has 0 saturated heterocycles. The SMILES string of the molecule is Cc1ccccc1-c1cc(-c2ccc3cc(C(C)(C)C)ccc3c2)c(C2CCCCC2)c[n+]1C.Cc1ccccc1-c1cc(-c2ccc3cc(C(C)C)ccc3c2)c(C2CCCCC2)c[n+]1C.Cc1ccccc1-c1cc(-c2ccc3cc(C4CCCC4)ccc3c2)c(C2CCCCC2)c[n+]1C.Cc1ccccc1-c1cc(-c2ccc3cc(C4CCCCC4)ccc3c2)c(C2CCCCC2)c[n+]1C. The summed E-state index contributed by atoms with van der Waals surface area (Å²) in [6.45, 7) is 20.3. The molecule has 4 nitrogen and oxygen atoms in total. The molecule has 0 radical (unpaired) electrons. The molecule has 0 unspecified atom stereocenters. The highest BCUT2D eigenvalue weighted by molar-refractivity contribution is 5.93. The number of benzene rings is 12. The third-order valence-electron chi connectivity index (χ3n) is 33.2. The van der Waals surface area contributed by atoms with E-state index in [-0.39, 0.29) is 5.41 Å².